The molecule has 1 saturated carbocycles. The van der Waals surface area contributed by atoms with Gasteiger partial charge < -0.3 is 10.2 Å². The van der Waals surface area contributed by atoms with Crippen molar-refractivity contribution in [3.05, 3.63) is 21.9 Å². The second kappa shape index (κ2) is 8.00. The van der Waals surface area contributed by atoms with E-state index in [1.165, 1.54) is 41.9 Å². The van der Waals surface area contributed by atoms with Crippen molar-refractivity contribution >= 4 is 11.3 Å². The van der Waals surface area contributed by atoms with Crippen LogP contribution in [0.1, 0.15) is 47.8 Å². The highest BCUT2D eigenvalue weighted by molar-refractivity contribution is 7.12. The van der Waals surface area contributed by atoms with Crippen molar-refractivity contribution in [1.82, 2.24) is 4.90 Å². The first-order valence-corrected chi connectivity index (χ1v) is 8.18. The first kappa shape index (κ1) is 15.0. The van der Waals surface area contributed by atoms with Crippen LogP contribution in [0.4, 0.5) is 0 Å². The van der Waals surface area contributed by atoms with Gasteiger partial charge in [-0.3, -0.25) is 4.90 Å². The van der Waals surface area contributed by atoms with Crippen LogP contribution in [0, 0.1) is 0 Å². The number of aliphatic hydroxyl groups is 2. The lowest BCUT2D eigenvalue weighted by molar-refractivity contribution is 0.157. The van der Waals surface area contributed by atoms with E-state index in [-0.39, 0.29) is 13.2 Å². The van der Waals surface area contributed by atoms with Crippen molar-refractivity contribution in [1.29, 1.82) is 0 Å². The zero-order valence-corrected chi connectivity index (χ0v) is 12.4. The molecule has 19 heavy (non-hydrogen) atoms. The minimum Gasteiger partial charge on any atom is -0.395 e. The van der Waals surface area contributed by atoms with Crippen LogP contribution in [0.15, 0.2) is 12.1 Å². The van der Waals surface area contributed by atoms with Crippen molar-refractivity contribution in [2.45, 2.75) is 44.6 Å². The summed E-state index contributed by atoms with van der Waals surface area (Å²) in [7, 11) is 0. The molecule has 2 N–H and O–H groups in total. The summed E-state index contributed by atoms with van der Waals surface area (Å²) in [4.78, 5) is 4.99. The molecule has 1 aliphatic carbocycles. The van der Waals surface area contributed by atoms with E-state index < -0.39 is 0 Å². The molecule has 0 spiro atoms. The Bertz CT molecular complexity index is 355. The zero-order valence-electron chi connectivity index (χ0n) is 11.6. The highest BCUT2D eigenvalue weighted by Crippen LogP contribution is 2.36. The van der Waals surface area contributed by atoms with E-state index in [0.717, 1.165) is 12.5 Å². The van der Waals surface area contributed by atoms with Crippen molar-refractivity contribution < 1.29 is 10.2 Å². The summed E-state index contributed by atoms with van der Waals surface area (Å²) >= 11 is 1.91. The molecule has 1 heterocycles. The maximum absolute atomic E-state index is 9.03. The lowest BCUT2D eigenvalue weighted by Gasteiger charge is -2.20. The van der Waals surface area contributed by atoms with Gasteiger partial charge in [0, 0.05) is 29.4 Å². The highest BCUT2D eigenvalue weighted by atomic mass is 32.1. The van der Waals surface area contributed by atoms with Crippen LogP contribution in [0.2, 0.25) is 0 Å². The summed E-state index contributed by atoms with van der Waals surface area (Å²) in [6.45, 7) is 2.43. The molecule has 1 aromatic heterocycles. The Labute approximate surface area is 119 Å². The highest BCUT2D eigenvalue weighted by Gasteiger charge is 2.17. The Morgan fingerprint density at radius 1 is 1.05 bits per heavy atom. The fourth-order valence-electron chi connectivity index (χ4n) is 2.86. The lowest BCUT2D eigenvalue weighted by atomic mass is 9.88. The average molecular weight is 283 g/mol. The molecule has 0 aliphatic heterocycles. The molecule has 0 amide bonds. The van der Waals surface area contributed by atoms with Gasteiger partial charge in [0.25, 0.3) is 0 Å². The third-order valence-corrected chi connectivity index (χ3v) is 5.13. The summed E-state index contributed by atoms with van der Waals surface area (Å²) in [5.41, 5.74) is 0. The molecule has 0 saturated heterocycles. The molecule has 0 bridgehead atoms. The van der Waals surface area contributed by atoms with Crippen LogP contribution in [0.25, 0.3) is 0 Å². The predicted octanol–water partition coefficient (Wildman–Crippen LogP) is 2.58. The number of rotatable bonds is 7. The molecule has 0 radical (unpaired) electrons. The smallest absolute Gasteiger partial charge is 0.0558 e. The molecule has 0 atom stereocenters. The zero-order chi connectivity index (χ0) is 13.5. The van der Waals surface area contributed by atoms with Crippen LogP contribution in [0.3, 0.4) is 0 Å². The molecule has 1 fully saturated rings. The van der Waals surface area contributed by atoms with Crippen LogP contribution >= 0.6 is 11.3 Å². The van der Waals surface area contributed by atoms with E-state index in [1.54, 1.807) is 0 Å². The van der Waals surface area contributed by atoms with Gasteiger partial charge in [-0.1, -0.05) is 19.3 Å². The molecule has 0 unspecified atom stereocenters. The van der Waals surface area contributed by atoms with E-state index in [4.69, 9.17) is 10.2 Å². The summed E-state index contributed by atoms with van der Waals surface area (Å²) in [6.07, 6.45) is 6.83. The molecule has 108 valence electrons. The molecule has 0 aromatic carbocycles. The number of hydrogen-bond acceptors (Lipinski definition) is 4. The van der Waals surface area contributed by atoms with Gasteiger partial charge >= 0.3 is 0 Å². The van der Waals surface area contributed by atoms with Gasteiger partial charge in [0.2, 0.25) is 0 Å². The Kier molecular flexibility index (Phi) is 6.31. The largest absolute Gasteiger partial charge is 0.395 e. The Morgan fingerprint density at radius 3 is 2.37 bits per heavy atom. The lowest BCUT2D eigenvalue weighted by Crippen LogP contribution is -2.28. The molecular formula is C15H25NO2S. The second-order valence-corrected chi connectivity index (χ2v) is 6.56. The van der Waals surface area contributed by atoms with Crippen LogP contribution < -0.4 is 0 Å². The van der Waals surface area contributed by atoms with Gasteiger partial charge in [-0.05, 0) is 30.9 Å². The summed E-state index contributed by atoms with van der Waals surface area (Å²) in [5.74, 6) is 0.775. The van der Waals surface area contributed by atoms with Gasteiger partial charge in [-0.25, -0.2) is 0 Å². The van der Waals surface area contributed by atoms with Gasteiger partial charge in [0.05, 0.1) is 13.2 Å². The molecular weight excluding hydrogens is 258 g/mol. The minimum atomic E-state index is 0.154. The Hall–Kier alpha value is -0.420. The third-order valence-electron chi connectivity index (χ3n) is 3.90. The number of nitrogens with zero attached hydrogens (tertiary/aromatic N) is 1. The third kappa shape index (κ3) is 4.56. The first-order valence-electron chi connectivity index (χ1n) is 7.36. The second-order valence-electron chi connectivity index (χ2n) is 5.36. The van der Waals surface area contributed by atoms with E-state index in [1.807, 2.05) is 11.3 Å². The van der Waals surface area contributed by atoms with E-state index >= 15 is 0 Å². The monoisotopic (exact) mass is 283 g/mol. The van der Waals surface area contributed by atoms with E-state index in [9.17, 15) is 0 Å². The number of thiophene rings is 1. The summed E-state index contributed by atoms with van der Waals surface area (Å²) < 4.78 is 0. The SMILES string of the molecule is OCCN(CCO)Cc1ccc(C2CCCCC2)s1. The Balaban J connectivity index is 1.91. The Morgan fingerprint density at radius 2 is 1.74 bits per heavy atom. The van der Waals surface area contributed by atoms with Crippen LogP contribution in [0.5, 0.6) is 0 Å². The number of aliphatic hydroxyl groups excluding tert-OH is 2. The van der Waals surface area contributed by atoms with Gasteiger partial charge in [-0.2, -0.15) is 0 Å². The normalized spacial score (nSPS) is 17.2. The quantitative estimate of drug-likeness (QED) is 0.808. The summed E-state index contributed by atoms with van der Waals surface area (Å²) in [6, 6.07) is 4.50. The number of hydrogen-bond donors (Lipinski definition) is 2. The minimum absolute atomic E-state index is 0.154. The topological polar surface area (TPSA) is 43.7 Å². The van der Waals surface area contributed by atoms with Gasteiger partial charge in [0.1, 0.15) is 0 Å². The van der Waals surface area contributed by atoms with Crippen molar-refractivity contribution in [2.24, 2.45) is 0 Å². The fraction of sp³-hybridized carbons (Fsp3) is 0.733. The van der Waals surface area contributed by atoms with Crippen LogP contribution in [-0.4, -0.2) is 41.4 Å². The van der Waals surface area contributed by atoms with E-state index in [0.29, 0.717) is 13.1 Å². The predicted molar refractivity (Wildman–Crippen MR) is 79.6 cm³/mol. The summed E-state index contributed by atoms with van der Waals surface area (Å²) in [5, 5.41) is 18.1. The average Bonchev–Trinajstić information content (AvgIpc) is 2.89. The van der Waals surface area contributed by atoms with E-state index in [2.05, 4.69) is 17.0 Å². The first-order chi connectivity index (χ1) is 9.33. The molecule has 1 aliphatic rings. The molecule has 2 rings (SSSR count). The van der Waals surface area contributed by atoms with Gasteiger partial charge in [0.15, 0.2) is 0 Å². The van der Waals surface area contributed by atoms with Crippen molar-refractivity contribution in [3.63, 3.8) is 0 Å². The fourth-order valence-corrected chi connectivity index (χ4v) is 4.08. The standard InChI is InChI=1S/C15H25NO2S/c17-10-8-16(9-11-18)12-14-6-7-15(19-14)13-4-2-1-3-5-13/h6-7,13,17-18H,1-5,8-12H2. The van der Waals surface area contributed by atoms with Crippen molar-refractivity contribution in [3.8, 4) is 0 Å². The van der Waals surface area contributed by atoms with Crippen molar-refractivity contribution in [2.75, 3.05) is 26.3 Å². The molecule has 1 aromatic rings. The maximum Gasteiger partial charge on any atom is 0.0558 e. The maximum atomic E-state index is 9.03. The van der Waals surface area contributed by atoms with Crippen LogP contribution in [-0.2, 0) is 6.54 Å². The van der Waals surface area contributed by atoms with Gasteiger partial charge in [-0.15, -0.1) is 11.3 Å². The molecule has 4 heteroatoms. The molecule has 3 nitrogen and oxygen atoms in total.